The highest BCUT2D eigenvalue weighted by molar-refractivity contribution is 5.83. The summed E-state index contributed by atoms with van der Waals surface area (Å²) < 4.78 is 15.3. The predicted molar refractivity (Wildman–Crippen MR) is 112 cm³/mol. The number of allylic oxidation sites excluding steroid dienone is 9. The number of rotatable bonds is 12. The highest BCUT2D eigenvalue weighted by atomic mass is 16.6. The molecule has 0 radical (unpaired) electrons. The molecule has 0 saturated heterocycles. The van der Waals surface area contributed by atoms with Crippen LogP contribution in [-0.2, 0) is 28.6 Å². The van der Waals surface area contributed by atoms with E-state index in [1.165, 1.54) is 36.5 Å². The van der Waals surface area contributed by atoms with E-state index in [2.05, 4.69) is 0 Å². The van der Waals surface area contributed by atoms with Crippen LogP contribution in [0.25, 0.3) is 0 Å². The molecule has 29 heavy (non-hydrogen) atoms. The van der Waals surface area contributed by atoms with Crippen LogP contribution in [0.15, 0.2) is 72.9 Å². The zero-order chi connectivity index (χ0) is 22.0. The first-order chi connectivity index (χ1) is 13.9. The molecule has 0 heterocycles. The Morgan fingerprint density at radius 1 is 0.621 bits per heavy atom. The maximum atomic E-state index is 11.7. The lowest BCUT2D eigenvalue weighted by Crippen LogP contribution is -2.53. The minimum atomic E-state index is -1.40. The first kappa shape index (κ1) is 25.8. The second-order valence-electron chi connectivity index (χ2n) is 5.84. The largest absolute Gasteiger partial charge is 0.460 e. The van der Waals surface area contributed by atoms with Crippen molar-refractivity contribution in [3.8, 4) is 0 Å². The van der Waals surface area contributed by atoms with Gasteiger partial charge in [0.1, 0.15) is 25.4 Å². The molecule has 0 fully saturated rings. The van der Waals surface area contributed by atoms with E-state index in [0.717, 1.165) is 0 Å². The van der Waals surface area contributed by atoms with Crippen LogP contribution in [0.4, 0.5) is 0 Å². The van der Waals surface area contributed by atoms with Crippen molar-refractivity contribution in [2.24, 2.45) is 5.73 Å². The van der Waals surface area contributed by atoms with Crippen molar-refractivity contribution in [1.82, 2.24) is 0 Å². The number of carbonyl (C=O) groups is 3. The molecule has 0 aliphatic carbocycles. The SMILES string of the molecule is CC=CC=CC(=O)OCC(N)(COC(=O)C=CC=CC)COC(=O)C=CC=CC. The third-order valence-electron chi connectivity index (χ3n) is 3.11. The van der Waals surface area contributed by atoms with Crippen molar-refractivity contribution >= 4 is 17.9 Å². The number of hydrogen-bond acceptors (Lipinski definition) is 7. The third kappa shape index (κ3) is 14.5. The van der Waals surface area contributed by atoms with Crippen LogP contribution < -0.4 is 5.73 Å². The Bertz CT molecular complexity index is 605. The molecule has 0 bridgehead atoms. The van der Waals surface area contributed by atoms with Crippen molar-refractivity contribution in [1.29, 1.82) is 0 Å². The molecule has 0 aliphatic rings. The second kappa shape index (κ2) is 15.8. The van der Waals surface area contributed by atoms with Gasteiger partial charge in [-0.1, -0.05) is 54.7 Å². The van der Waals surface area contributed by atoms with E-state index in [0.29, 0.717) is 0 Å². The lowest BCUT2D eigenvalue weighted by Gasteiger charge is -2.27. The Balaban J connectivity index is 4.97. The van der Waals surface area contributed by atoms with Crippen LogP contribution in [-0.4, -0.2) is 43.3 Å². The minimum absolute atomic E-state index is 0.316. The van der Waals surface area contributed by atoms with Crippen LogP contribution >= 0.6 is 0 Å². The summed E-state index contributed by atoms with van der Waals surface area (Å²) in [4.78, 5) is 35.2. The summed E-state index contributed by atoms with van der Waals surface area (Å²) in [5.74, 6) is -1.88. The average molecular weight is 403 g/mol. The maximum Gasteiger partial charge on any atom is 0.330 e. The van der Waals surface area contributed by atoms with E-state index in [-0.39, 0.29) is 19.8 Å². The van der Waals surface area contributed by atoms with E-state index in [1.807, 2.05) is 0 Å². The molecular formula is C22H29NO6. The van der Waals surface area contributed by atoms with Gasteiger partial charge in [0.05, 0.1) is 0 Å². The van der Waals surface area contributed by atoms with Gasteiger partial charge in [-0.3, -0.25) is 0 Å². The topological polar surface area (TPSA) is 105 Å². The molecule has 0 saturated carbocycles. The molecular weight excluding hydrogens is 374 g/mol. The zero-order valence-corrected chi connectivity index (χ0v) is 17.1. The summed E-state index contributed by atoms with van der Waals surface area (Å²) in [7, 11) is 0. The van der Waals surface area contributed by atoms with Gasteiger partial charge >= 0.3 is 17.9 Å². The normalized spacial score (nSPS) is 14.5. The summed E-state index contributed by atoms with van der Waals surface area (Å²) >= 11 is 0. The van der Waals surface area contributed by atoms with Crippen molar-refractivity contribution in [3.63, 3.8) is 0 Å². The van der Waals surface area contributed by atoms with Crippen LogP contribution in [0.3, 0.4) is 0 Å². The Labute approximate surface area is 171 Å². The van der Waals surface area contributed by atoms with Crippen molar-refractivity contribution < 1.29 is 28.6 Å². The Hall–Kier alpha value is -3.19. The molecule has 0 atom stereocenters. The Kier molecular flexibility index (Phi) is 14.1. The van der Waals surface area contributed by atoms with Gasteiger partial charge in [-0.05, 0) is 20.8 Å². The summed E-state index contributed by atoms with van der Waals surface area (Å²) in [6.45, 7) is 4.47. The molecule has 0 aliphatic heterocycles. The average Bonchev–Trinajstić information content (AvgIpc) is 2.70. The first-order valence-electron chi connectivity index (χ1n) is 9.04. The molecule has 2 N–H and O–H groups in total. The van der Waals surface area contributed by atoms with Gasteiger partial charge in [0.25, 0.3) is 0 Å². The van der Waals surface area contributed by atoms with Crippen molar-refractivity contribution in [3.05, 3.63) is 72.9 Å². The Morgan fingerprint density at radius 3 is 1.14 bits per heavy atom. The van der Waals surface area contributed by atoms with E-state index in [9.17, 15) is 14.4 Å². The highest BCUT2D eigenvalue weighted by Crippen LogP contribution is 2.06. The van der Waals surface area contributed by atoms with E-state index < -0.39 is 23.4 Å². The molecule has 0 spiro atoms. The summed E-state index contributed by atoms with van der Waals surface area (Å²) in [5.41, 5.74) is 4.76. The molecule has 0 aromatic heterocycles. The quantitative estimate of drug-likeness (QED) is 0.231. The van der Waals surface area contributed by atoms with Gasteiger partial charge in [0, 0.05) is 18.2 Å². The number of ether oxygens (including phenoxy) is 3. The third-order valence-corrected chi connectivity index (χ3v) is 3.11. The summed E-state index contributed by atoms with van der Waals surface area (Å²) in [5, 5.41) is 0. The standard InChI is InChI=1S/C22H29NO6/c1-4-7-10-13-19(24)27-16-22(23,17-28-20(25)14-11-8-5-2)18-29-21(26)15-12-9-6-3/h4-15H,16-18,23H2,1-3H3. The molecule has 7 heteroatoms. The monoisotopic (exact) mass is 403 g/mol. The lowest BCUT2D eigenvalue weighted by atomic mass is 10.1. The zero-order valence-electron chi connectivity index (χ0n) is 17.1. The van der Waals surface area contributed by atoms with E-state index >= 15 is 0 Å². The number of nitrogens with two attached hydrogens (primary N) is 1. The number of hydrogen-bond donors (Lipinski definition) is 1. The molecule has 0 aromatic carbocycles. The Morgan fingerprint density at radius 2 is 0.897 bits per heavy atom. The summed E-state index contributed by atoms with van der Waals surface area (Å²) in [6, 6.07) is 0. The molecule has 0 amide bonds. The maximum absolute atomic E-state index is 11.7. The van der Waals surface area contributed by atoms with Gasteiger partial charge in [0.15, 0.2) is 0 Å². The molecule has 0 unspecified atom stereocenters. The van der Waals surface area contributed by atoms with Crippen molar-refractivity contribution in [2.75, 3.05) is 19.8 Å². The molecule has 7 nitrogen and oxygen atoms in total. The van der Waals surface area contributed by atoms with Gasteiger partial charge in [-0.15, -0.1) is 0 Å². The predicted octanol–water partition coefficient (Wildman–Crippen LogP) is 2.71. The molecule has 0 aromatic rings. The first-order valence-corrected chi connectivity index (χ1v) is 9.04. The fraction of sp³-hybridized carbons (Fsp3) is 0.318. The minimum Gasteiger partial charge on any atom is -0.460 e. The van der Waals surface area contributed by atoms with Crippen LogP contribution in [0.2, 0.25) is 0 Å². The number of carbonyl (C=O) groups excluding carboxylic acids is 3. The van der Waals surface area contributed by atoms with Gasteiger partial charge in [-0.25, -0.2) is 14.4 Å². The van der Waals surface area contributed by atoms with Gasteiger partial charge in [0.2, 0.25) is 0 Å². The molecule has 0 rings (SSSR count). The van der Waals surface area contributed by atoms with E-state index in [4.69, 9.17) is 19.9 Å². The van der Waals surface area contributed by atoms with Crippen molar-refractivity contribution in [2.45, 2.75) is 26.3 Å². The van der Waals surface area contributed by atoms with Gasteiger partial charge in [-0.2, -0.15) is 0 Å². The van der Waals surface area contributed by atoms with Gasteiger partial charge < -0.3 is 19.9 Å². The smallest absolute Gasteiger partial charge is 0.330 e. The van der Waals surface area contributed by atoms with E-state index in [1.54, 1.807) is 57.2 Å². The lowest BCUT2D eigenvalue weighted by molar-refractivity contribution is -0.148. The van der Waals surface area contributed by atoms with Crippen LogP contribution in [0.1, 0.15) is 20.8 Å². The second-order valence-corrected chi connectivity index (χ2v) is 5.84. The fourth-order valence-electron chi connectivity index (χ4n) is 1.65. The summed E-state index contributed by atoms with van der Waals surface area (Å²) in [6.07, 6.45) is 18.4. The fourth-order valence-corrected chi connectivity index (χ4v) is 1.65. The number of esters is 3. The highest BCUT2D eigenvalue weighted by Gasteiger charge is 2.30. The molecule has 158 valence electrons. The van der Waals surface area contributed by atoms with Crippen LogP contribution in [0, 0.1) is 0 Å². The van der Waals surface area contributed by atoms with Crippen LogP contribution in [0.5, 0.6) is 0 Å².